The van der Waals surface area contributed by atoms with Crippen LogP contribution in [0.1, 0.15) is 46.9 Å². The highest BCUT2D eigenvalue weighted by Crippen LogP contribution is 2.19. The molecule has 0 unspecified atom stereocenters. The number of nitrogens with zero attached hydrogens (tertiary/aromatic N) is 3. The summed E-state index contributed by atoms with van der Waals surface area (Å²) in [6.45, 7) is 7.31. The van der Waals surface area contributed by atoms with Crippen LogP contribution in [0, 0.1) is 12.8 Å². The monoisotopic (exact) mass is 362 g/mol. The van der Waals surface area contributed by atoms with E-state index in [1.165, 1.54) is 5.56 Å². The summed E-state index contributed by atoms with van der Waals surface area (Å²) < 4.78 is 1.93. The fraction of sp³-hybridized carbons (Fsp3) is 0.318. The highest BCUT2D eigenvalue weighted by atomic mass is 16.1. The largest absolute Gasteiger partial charge is 0.346 e. The number of carbonyl (C=O) groups is 1. The molecule has 27 heavy (non-hydrogen) atoms. The maximum atomic E-state index is 12.9. The van der Waals surface area contributed by atoms with Crippen molar-refractivity contribution in [1.29, 1.82) is 0 Å². The van der Waals surface area contributed by atoms with Gasteiger partial charge >= 0.3 is 0 Å². The predicted molar refractivity (Wildman–Crippen MR) is 106 cm³/mol. The number of aromatic nitrogens is 3. The highest BCUT2D eigenvalue weighted by Gasteiger charge is 2.21. The van der Waals surface area contributed by atoms with Gasteiger partial charge in [0, 0.05) is 11.9 Å². The highest BCUT2D eigenvalue weighted by molar-refractivity contribution is 5.96. The van der Waals surface area contributed by atoms with E-state index in [0.29, 0.717) is 24.6 Å². The Hall–Kier alpha value is -2.95. The molecule has 0 aliphatic rings. The molecule has 3 aromatic rings. The number of pyridine rings is 1. The molecule has 5 nitrogen and oxygen atoms in total. The Bertz CT molecular complexity index is 885. The quantitative estimate of drug-likeness (QED) is 0.696. The van der Waals surface area contributed by atoms with E-state index in [1.54, 1.807) is 6.20 Å². The summed E-state index contributed by atoms with van der Waals surface area (Å²) in [6.07, 6.45) is 2.50. The minimum absolute atomic E-state index is 0.0897. The minimum Gasteiger partial charge on any atom is -0.346 e. The van der Waals surface area contributed by atoms with Crippen molar-refractivity contribution in [1.82, 2.24) is 20.1 Å². The Morgan fingerprint density at radius 1 is 1.11 bits per heavy atom. The lowest BCUT2D eigenvalue weighted by Gasteiger charge is -2.08. The van der Waals surface area contributed by atoms with Gasteiger partial charge in [-0.25, -0.2) is 0 Å². The number of benzene rings is 1. The number of rotatable bonds is 7. The molecule has 2 heterocycles. The van der Waals surface area contributed by atoms with Crippen LogP contribution in [0.2, 0.25) is 0 Å². The third-order valence-electron chi connectivity index (χ3n) is 4.44. The lowest BCUT2D eigenvalue weighted by molar-refractivity contribution is 0.0948. The molecule has 1 aromatic carbocycles. The van der Waals surface area contributed by atoms with Crippen molar-refractivity contribution in [3.63, 3.8) is 0 Å². The van der Waals surface area contributed by atoms with Gasteiger partial charge in [0.1, 0.15) is 0 Å². The molecule has 5 heteroatoms. The number of carbonyl (C=O) groups excluding carboxylic acids is 1. The van der Waals surface area contributed by atoms with Gasteiger partial charge in [0.25, 0.3) is 5.91 Å². The van der Waals surface area contributed by atoms with E-state index in [9.17, 15) is 4.79 Å². The number of amides is 1. The first kappa shape index (κ1) is 18.8. The Morgan fingerprint density at radius 2 is 1.85 bits per heavy atom. The summed E-state index contributed by atoms with van der Waals surface area (Å²) in [5, 5.41) is 7.75. The Morgan fingerprint density at radius 3 is 2.52 bits per heavy atom. The molecule has 0 atom stereocenters. The second-order valence-electron chi connectivity index (χ2n) is 7.15. The van der Waals surface area contributed by atoms with Crippen molar-refractivity contribution in [3.8, 4) is 0 Å². The lowest BCUT2D eigenvalue weighted by atomic mass is 10.0. The van der Waals surface area contributed by atoms with Crippen molar-refractivity contribution in [2.45, 2.75) is 40.3 Å². The second kappa shape index (κ2) is 8.62. The summed E-state index contributed by atoms with van der Waals surface area (Å²) in [4.78, 5) is 17.2. The number of hydrogen-bond donors (Lipinski definition) is 1. The molecule has 0 fully saturated rings. The molecule has 0 bridgehead atoms. The average molecular weight is 362 g/mol. The zero-order valence-corrected chi connectivity index (χ0v) is 16.1. The van der Waals surface area contributed by atoms with Crippen LogP contribution in [0.3, 0.4) is 0 Å². The maximum absolute atomic E-state index is 12.9. The molecule has 3 rings (SSSR count). The van der Waals surface area contributed by atoms with E-state index >= 15 is 0 Å². The van der Waals surface area contributed by atoms with Crippen molar-refractivity contribution >= 4 is 5.91 Å². The standard InChI is InChI=1S/C22H26N4O/c1-16(2)13-20-21(22(27)24-14-19-11-7-8-12-23-19)17(3)26(25-20)15-18-9-5-4-6-10-18/h4-12,16H,13-15H2,1-3H3,(H,24,27). The van der Waals surface area contributed by atoms with Gasteiger partial charge in [-0.3, -0.25) is 14.5 Å². The summed E-state index contributed by atoms with van der Waals surface area (Å²) in [5.74, 6) is 0.333. The molecule has 140 valence electrons. The fourth-order valence-electron chi connectivity index (χ4n) is 3.11. The summed E-state index contributed by atoms with van der Waals surface area (Å²) >= 11 is 0. The second-order valence-corrected chi connectivity index (χ2v) is 7.15. The Balaban J connectivity index is 1.84. The van der Waals surface area contributed by atoms with Gasteiger partial charge in [-0.15, -0.1) is 0 Å². The van der Waals surface area contributed by atoms with Gasteiger partial charge in [-0.2, -0.15) is 5.10 Å². The zero-order chi connectivity index (χ0) is 19.2. The Labute approximate surface area is 160 Å². The molecule has 2 aromatic heterocycles. The van der Waals surface area contributed by atoms with E-state index in [2.05, 4.69) is 36.3 Å². The molecule has 1 amide bonds. The first-order chi connectivity index (χ1) is 13.0. The smallest absolute Gasteiger partial charge is 0.255 e. The van der Waals surface area contributed by atoms with E-state index in [0.717, 1.165) is 23.5 Å². The van der Waals surface area contributed by atoms with Crippen molar-refractivity contribution in [2.75, 3.05) is 0 Å². The Kier molecular flexibility index (Phi) is 6.01. The van der Waals surface area contributed by atoms with Crippen LogP contribution in [0.15, 0.2) is 54.7 Å². The first-order valence-electron chi connectivity index (χ1n) is 9.33. The first-order valence-corrected chi connectivity index (χ1v) is 9.33. The molecule has 0 saturated carbocycles. The lowest BCUT2D eigenvalue weighted by Crippen LogP contribution is -2.25. The van der Waals surface area contributed by atoms with Crippen LogP contribution >= 0.6 is 0 Å². The molecule has 0 spiro atoms. The van der Waals surface area contributed by atoms with E-state index < -0.39 is 0 Å². The molecule has 0 radical (unpaired) electrons. The molecular weight excluding hydrogens is 336 g/mol. The zero-order valence-electron chi connectivity index (χ0n) is 16.1. The minimum atomic E-state index is -0.0897. The maximum Gasteiger partial charge on any atom is 0.255 e. The molecular formula is C22H26N4O. The third-order valence-corrected chi connectivity index (χ3v) is 4.44. The summed E-state index contributed by atoms with van der Waals surface area (Å²) in [7, 11) is 0. The SMILES string of the molecule is Cc1c(C(=O)NCc2ccccn2)c(CC(C)C)nn1Cc1ccccc1. The molecule has 1 N–H and O–H groups in total. The van der Waals surface area contributed by atoms with E-state index in [-0.39, 0.29) is 5.91 Å². The van der Waals surface area contributed by atoms with Gasteiger partial charge in [-0.05, 0) is 37.0 Å². The van der Waals surface area contributed by atoms with Crippen LogP contribution in [0.5, 0.6) is 0 Å². The average Bonchev–Trinajstić information content (AvgIpc) is 2.96. The molecule has 0 aliphatic heterocycles. The van der Waals surface area contributed by atoms with E-state index in [4.69, 9.17) is 5.10 Å². The van der Waals surface area contributed by atoms with Gasteiger partial charge < -0.3 is 5.32 Å². The van der Waals surface area contributed by atoms with Crippen molar-refractivity contribution < 1.29 is 4.79 Å². The normalized spacial score (nSPS) is 11.0. The van der Waals surface area contributed by atoms with Gasteiger partial charge in [-0.1, -0.05) is 50.2 Å². The number of nitrogens with one attached hydrogen (secondary N) is 1. The third kappa shape index (κ3) is 4.82. The predicted octanol–water partition coefficient (Wildman–Crippen LogP) is 3.76. The topological polar surface area (TPSA) is 59.8 Å². The van der Waals surface area contributed by atoms with Crippen LogP contribution < -0.4 is 5.32 Å². The van der Waals surface area contributed by atoms with Gasteiger partial charge in [0.2, 0.25) is 0 Å². The van der Waals surface area contributed by atoms with Crippen molar-refractivity contribution in [3.05, 3.63) is 82.9 Å². The van der Waals surface area contributed by atoms with Crippen LogP contribution in [-0.4, -0.2) is 20.7 Å². The van der Waals surface area contributed by atoms with Gasteiger partial charge in [0.05, 0.1) is 30.0 Å². The summed E-state index contributed by atoms with van der Waals surface area (Å²) in [6, 6.07) is 15.9. The van der Waals surface area contributed by atoms with E-state index in [1.807, 2.05) is 48.0 Å². The van der Waals surface area contributed by atoms with Crippen LogP contribution in [0.4, 0.5) is 0 Å². The van der Waals surface area contributed by atoms with Crippen LogP contribution in [0.25, 0.3) is 0 Å². The summed E-state index contributed by atoms with van der Waals surface area (Å²) in [5.41, 5.74) is 4.45. The number of hydrogen-bond acceptors (Lipinski definition) is 3. The van der Waals surface area contributed by atoms with Gasteiger partial charge in [0.15, 0.2) is 0 Å². The fourth-order valence-corrected chi connectivity index (χ4v) is 3.11. The van der Waals surface area contributed by atoms with Crippen molar-refractivity contribution in [2.24, 2.45) is 5.92 Å². The molecule has 0 aliphatic carbocycles. The van der Waals surface area contributed by atoms with Crippen LogP contribution in [-0.2, 0) is 19.5 Å². The molecule has 0 saturated heterocycles.